The summed E-state index contributed by atoms with van der Waals surface area (Å²) in [4.78, 5) is 18.9. The Balaban J connectivity index is 1.32. The van der Waals surface area contributed by atoms with Gasteiger partial charge in [0.1, 0.15) is 6.10 Å². The van der Waals surface area contributed by atoms with Gasteiger partial charge in [-0.3, -0.25) is 4.79 Å². The third kappa shape index (κ3) is 4.56. The fourth-order valence-electron chi connectivity index (χ4n) is 3.46. The molecule has 1 atom stereocenters. The van der Waals surface area contributed by atoms with Crippen LogP contribution in [-0.4, -0.2) is 49.2 Å². The molecule has 7 heteroatoms. The minimum absolute atomic E-state index is 0.0296. The largest absolute Gasteiger partial charge is 0.472 e. The van der Waals surface area contributed by atoms with Crippen LogP contribution in [0, 0.1) is 0 Å². The lowest BCUT2D eigenvalue weighted by molar-refractivity contribution is -0.130. The Hall–Kier alpha value is -2.93. The first-order valence-corrected chi connectivity index (χ1v) is 11.2. The lowest BCUT2D eigenvalue weighted by atomic mass is 10.2. The number of rotatable bonds is 6. The summed E-state index contributed by atoms with van der Waals surface area (Å²) in [5, 5.41) is 1.04. The van der Waals surface area contributed by atoms with Crippen molar-refractivity contribution >= 4 is 26.6 Å². The fraction of sp³-hybridized carbons (Fsp3) is 0.273. The lowest BCUT2D eigenvalue weighted by Crippen LogP contribution is -2.32. The van der Waals surface area contributed by atoms with Crippen LogP contribution in [0.4, 0.5) is 0 Å². The molecule has 1 aliphatic heterocycles. The van der Waals surface area contributed by atoms with E-state index >= 15 is 0 Å². The molecule has 1 fully saturated rings. The van der Waals surface area contributed by atoms with Crippen LogP contribution in [0.1, 0.15) is 12.8 Å². The first kappa shape index (κ1) is 19.4. The average molecular weight is 410 g/mol. The van der Waals surface area contributed by atoms with Crippen LogP contribution < -0.4 is 4.74 Å². The number of hydrogen-bond donors (Lipinski definition) is 0. The Bertz CT molecular complexity index is 1120. The van der Waals surface area contributed by atoms with Crippen molar-refractivity contribution in [3.8, 4) is 5.88 Å². The van der Waals surface area contributed by atoms with Crippen LogP contribution in [0.25, 0.3) is 10.9 Å². The van der Waals surface area contributed by atoms with Gasteiger partial charge in [0.05, 0.1) is 22.7 Å². The maximum atomic E-state index is 12.5. The third-order valence-corrected chi connectivity index (χ3v) is 6.78. The number of likely N-dealkylation sites (tertiary alicyclic amines) is 1. The molecule has 0 N–H and O–H groups in total. The summed E-state index contributed by atoms with van der Waals surface area (Å²) in [6.45, 7) is 1.00. The summed E-state index contributed by atoms with van der Waals surface area (Å²) in [5.41, 5.74) is 0.863. The van der Waals surface area contributed by atoms with E-state index in [1.807, 2.05) is 36.4 Å². The maximum absolute atomic E-state index is 12.5. The van der Waals surface area contributed by atoms with Crippen LogP contribution in [0.2, 0.25) is 0 Å². The van der Waals surface area contributed by atoms with Crippen LogP contribution in [0.5, 0.6) is 5.88 Å². The Kier molecular flexibility index (Phi) is 5.49. The van der Waals surface area contributed by atoms with Gasteiger partial charge in [0.2, 0.25) is 11.8 Å². The highest BCUT2D eigenvalue weighted by molar-refractivity contribution is 7.91. The number of amides is 1. The van der Waals surface area contributed by atoms with Gasteiger partial charge in [-0.2, -0.15) is 0 Å². The predicted molar refractivity (Wildman–Crippen MR) is 110 cm³/mol. The second-order valence-corrected chi connectivity index (χ2v) is 9.20. The molecule has 1 unspecified atom stereocenters. The smallest absolute Gasteiger partial charge is 0.223 e. The zero-order chi connectivity index (χ0) is 20.3. The number of aromatic nitrogens is 1. The quantitative estimate of drug-likeness (QED) is 0.624. The monoisotopic (exact) mass is 410 g/mol. The van der Waals surface area contributed by atoms with Gasteiger partial charge in [-0.1, -0.05) is 36.4 Å². The zero-order valence-corrected chi connectivity index (χ0v) is 16.7. The van der Waals surface area contributed by atoms with Crippen molar-refractivity contribution in [1.82, 2.24) is 9.88 Å². The van der Waals surface area contributed by atoms with E-state index in [1.54, 1.807) is 35.2 Å². The van der Waals surface area contributed by atoms with E-state index < -0.39 is 9.84 Å². The molecule has 1 saturated heterocycles. The van der Waals surface area contributed by atoms with E-state index in [-0.39, 0.29) is 29.1 Å². The standard InChI is InChI=1S/C22H22N2O4S/c25-22(13-15-29(26,27)19-7-2-1-3-8-19)24-14-12-18(16-24)28-21-11-10-17-6-4-5-9-20(17)23-21/h1-11,18H,12-16H2. The molecular weight excluding hydrogens is 388 g/mol. The highest BCUT2D eigenvalue weighted by Crippen LogP contribution is 2.21. The van der Waals surface area contributed by atoms with Crippen LogP contribution in [-0.2, 0) is 14.6 Å². The fourth-order valence-corrected chi connectivity index (χ4v) is 4.71. The van der Waals surface area contributed by atoms with Crippen molar-refractivity contribution in [1.29, 1.82) is 0 Å². The number of hydrogen-bond acceptors (Lipinski definition) is 5. The number of benzene rings is 2. The Morgan fingerprint density at radius 2 is 1.79 bits per heavy atom. The molecule has 0 aliphatic carbocycles. The van der Waals surface area contributed by atoms with Crippen LogP contribution in [0.3, 0.4) is 0 Å². The summed E-state index contributed by atoms with van der Waals surface area (Å²) < 4.78 is 30.7. The molecule has 1 aliphatic rings. The van der Waals surface area contributed by atoms with Gasteiger partial charge in [-0.25, -0.2) is 13.4 Å². The van der Waals surface area contributed by atoms with Crippen molar-refractivity contribution in [2.24, 2.45) is 0 Å². The Morgan fingerprint density at radius 3 is 2.62 bits per heavy atom. The van der Waals surface area contributed by atoms with Crippen LogP contribution in [0.15, 0.2) is 71.6 Å². The molecule has 0 bridgehead atoms. The summed E-state index contributed by atoms with van der Waals surface area (Å²) in [7, 11) is -3.46. The number of nitrogens with zero attached hydrogens (tertiary/aromatic N) is 2. The molecule has 1 aromatic heterocycles. The molecule has 3 aromatic rings. The molecule has 2 aromatic carbocycles. The minimum atomic E-state index is -3.46. The molecule has 0 spiro atoms. The second-order valence-electron chi connectivity index (χ2n) is 7.09. The van der Waals surface area contributed by atoms with E-state index in [9.17, 15) is 13.2 Å². The second kappa shape index (κ2) is 8.21. The van der Waals surface area contributed by atoms with Gasteiger partial charge in [0.15, 0.2) is 9.84 Å². The minimum Gasteiger partial charge on any atom is -0.472 e. The van der Waals surface area contributed by atoms with Crippen molar-refractivity contribution in [3.05, 3.63) is 66.7 Å². The van der Waals surface area contributed by atoms with Gasteiger partial charge in [-0.15, -0.1) is 0 Å². The summed E-state index contributed by atoms with van der Waals surface area (Å²) in [6.07, 6.45) is 0.530. The summed E-state index contributed by atoms with van der Waals surface area (Å²) in [5.74, 6) is 0.182. The van der Waals surface area contributed by atoms with E-state index in [0.717, 1.165) is 10.9 Å². The zero-order valence-electron chi connectivity index (χ0n) is 15.9. The normalized spacial score (nSPS) is 16.8. The SMILES string of the molecule is O=C(CCS(=O)(=O)c1ccccc1)N1CCC(Oc2ccc3ccccc3n2)C1. The average Bonchev–Trinajstić information content (AvgIpc) is 3.21. The van der Waals surface area contributed by atoms with Crippen molar-refractivity contribution in [2.45, 2.75) is 23.8 Å². The van der Waals surface area contributed by atoms with Crippen LogP contribution >= 0.6 is 0 Å². The first-order chi connectivity index (χ1) is 14.0. The highest BCUT2D eigenvalue weighted by Gasteiger charge is 2.28. The Labute approximate surface area is 170 Å². The predicted octanol–water partition coefficient (Wildman–Crippen LogP) is 3.08. The van der Waals surface area contributed by atoms with Crippen molar-refractivity contribution in [3.63, 3.8) is 0 Å². The maximum Gasteiger partial charge on any atom is 0.223 e. The number of carbonyl (C=O) groups is 1. The number of fused-ring (bicyclic) bond motifs is 1. The van der Waals surface area contributed by atoms with E-state index in [1.165, 1.54) is 0 Å². The molecule has 6 nitrogen and oxygen atoms in total. The number of sulfone groups is 1. The van der Waals surface area contributed by atoms with Crippen molar-refractivity contribution < 1.29 is 17.9 Å². The molecule has 0 radical (unpaired) electrons. The molecular formula is C22H22N2O4S. The van der Waals surface area contributed by atoms with E-state index in [2.05, 4.69) is 4.98 Å². The molecule has 1 amide bonds. The third-order valence-electron chi connectivity index (χ3n) is 5.04. The van der Waals surface area contributed by atoms with Crippen molar-refractivity contribution in [2.75, 3.05) is 18.8 Å². The topological polar surface area (TPSA) is 76.6 Å². The number of ether oxygens (including phenoxy) is 1. The first-order valence-electron chi connectivity index (χ1n) is 9.59. The van der Waals surface area contributed by atoms with Gasteiger partial charge >= 0.3 is 0 Å². The summed E-state index contributed by atoms with van der Waals surface area (Å²) in [6, 6.07) is 19.8. The van der Waals surface area contributed by atoms with Gasteiger partial charge in [0.25, 0.3) is 0 Å². The number of pyridine rings is 1. The Morgan fingerprint density at radius 1 is 1.03 bits per heavy atom. The summed E-state index contributed by atoms with van der Waals surface area (Å²) >= 11 is 0. The van der Waals surface area contributed by atoms with Gasteiger partial charge in [-0.05, 0) is 24.3 Å². The molecule has 29 heavy (non-hydrogen) atoms. The van der Waals surface area contributed by atoms with Gasteiger partial charge in [0, 0.05) is 30.8 Å². The molecule has 150 valence electrons. The lowest BCUT2D eigenvalue weighted by Gasteiger charge is -2.17. The van der Waals surface area contributed by atoms with E-state index in [4.69, 9.17) is 4.74 Å². The number of carbonyl (C=O) groups excluding carboxylic acids is 1. The highest BCUT2D eigenvalue weighted by atomic mass is 32.2. The molecule has 2 heterocycles. The molecule has 0 saturated carbocycles. The van der Waals surface area contributed by atoms with Gasteiger partial charge < -0.3 is 9.64 Å². The van der Waals surface area contributed by atoms with E-state index in [0.29, 0.717) is 25.4 Å². The molecule has 4 rings (SSSR count). The number of para-hydroxylation sites is 1.